The van der Waals surface area contributed by atoms with Crippen molar-refractivity contribution in [3.05, 3.63) is 82.3 Å². The molecule has 0 bridgehead atoms. The Bertz CT molecular complexity index is 2090. The molecule has 2 aliphatic heterocycles. The molecule has 1 atom stereocenters. The van der Waals surface area contributed by atoms with Gasteiger partial charge in [-0.05, 0) is 99.4 Å². The lowest BCUT2D eigenvalue weighted by Crippen LogP contribution is -2.31. The number of halogens is 1. The number of rotatable bonds is 6. The molecule has 5 aromatic rings. The fraction of sp³-hybridized carbons (Fsp3) is 0.378. The first-order valence-electron chi connectivity index (χ1n) is 16.3. The SMILES string of the molecule is Cc1nc(C)c(C(OC(C)(C)C)C(=O)O)c(-c2cc(F)c3c(c2)CCCO3)c1-c1ccc2c(c1)CCN(c1ncnc3c1cnn3C)C2. The number of hydrogen-bond acceptors (Lipinski definition) is 8. The van der Waals surface area contributed by atoms with Crippen LogP contribution in [0.25, 0.3) is 33.3 Å². The Morgan fingerprint density at radius 3 is 2.58 bits per heavy atom. The van der Waals surface area contributed by atoms with Crippen molar-refractivity contribution >= 4 is 22.8 Å². The number of fused-ring (bicyclic) bond motifs is 3. The van der Waals surface area contributed by atoms with Crippen LogP contribution in [-0.4, -0.2) is 54.6 Å². The van der Waals surface area contributed by atoms with Gasteiger partial charge in [-0.1, -0.05) is 18.2 Å². The summed E-state index contributed by atoms with van der Waals surface area (Å²) < 4.78 is 29.3. The van der Waals surface area contributed by atoms with Gasteiger partial charge in [-0.3, -0.25) is 9.67 Å². The first-order chi connectivity index (χ1) is 22.9. The van der Waals surface area contributed by atoms with Gasteiger partial charge in [-0.2, -0.15) is 5.10 Å². The van der Waals surface area contributed by atoms with Crippen molar-refractivity contribution in [2.75, 3.05) is 18.1 Å². The van der Waals surface area contributed by atoms with Crippen LogP contribution in [0, 0.1) is 19.7 Å². The van der Waals surface area contributed by atoms with Crippen LogP contribution in [0.5, 0.6) is 5.75 Å². The number of anilines is 1. The van der Waals surface area contributed by atoms with Crippen molar-refractivity contribution in [2.45, 2.75) is 72.1 Å². The summed E-state index contributed by atoms with van der Waals surface area (Å²) in [5, 5.41) is 15.8. The topological polar surface area (TPSA) is 115 Å². The van der Waals surface area contributed by atoms with E-state index in [0.29, 0.717) is 42.0 Å². The molecule has 0 fully saturated rings. The Hall–Kier alpha value is -4.90. The summed E-state index contributed by atoms with van der Waals surface area (Å²) >= 11 is 0. The molecule has 48 heavy (non-hydrogen) atoms. The van der Waals surface area contributed by atoms with E-state index in [9.17, 15) is 9.90 Å². The van der Waals surface area contributed by atoms with Gasteiger partial charge in [-0.15, -0.1) is 0 Å². The quantitative estimate of drug-likeness (QED) is 0.215. The Balaban J connectivity index is 1.38. The zero-order valence-electron chi connectivity index (χ0n) is 28.1. The van der Waals surface area contributed by atoms with Crippen LogP contribution in [0.15, 0.2) is 42.9 Å². The van der Waals surface area contributed by atoms with Gasteiger partial charge >= 0.3 is 5.97 Å². The number of aliphatic carboxylic acids is 1. The van der Waals surface area contributed by atoms with Gasteiger partial charge in [0, 0.05) is 42.7 Å². The monoisotopic (exact) mass is 650 g/mol. The van der Waals surface area contributed by atoms with Crippen LogP contribution in [0.4, 0.5) is 10.2 Å². The highest BCUT2D eigenvalue weighted by Gasteiger charge is 2.34. The maximum absolute atomic E-state index is 15.7. The molecule has 2 aliphatic rings. The van der Waals surface area contributed by atoms with Crippen LogP contribution in [-0.2, 0) is 36.0 Å². The summed E-state index contributed by atoms with van der Waals surface area (Å²) in [6.07, 6.45) is 4.27. The minimum Gasteiger partial charge on any atom is -0.490 e. The molecule has 5 heterocycles. The normalized spacial score (nSPS) is 15.2. The van der Waals surface area contributed by atoms with Crippen LogP contribution >= 0.6 is 0 Å². The maximum Gasteiger partial charge on any atom is 0.337 e. The molecule has 248 valence electrons. The van der Waals surface area contributed by atoms with Crippen molar-refractivity contribution in [1.29, 1.82) is 0 Å². The molecule has 0 aliphatic carbocycles. The number of nitrogens with zero attached hydrogens (tertiary/aromatic N) is 6. The van der Waals surface area contributed by atoms with Gasteiger partial charge in [0.05, 0.1) is 23.8 Å². The summed E-state index contributed by atoms with van der Waals surface area (Å²) in [4.78, 5) is 29.0. The Labute approximate surface area is 278 Å². The Morgan fingerprint density at radius 1 is 1.02 bits per heavy atom. The summed E-state index contributed by atoms with van der Waals surface area (Å²) in [6, 6.07) is 9.72. The summed E-state index contributed by atoms with van der Waals surface area (Å²) in [5.41, 5.74) is 7.62. The van der Waals surface area contributed by atoms with Gasteiger partial charge < -0.3 is 19.5 Å². The van der Waals surface area contributed by atoms with E-state index in [-0.39, 0.29) is 5.75 Å². The van der Waals surface area contributed by atoms with Crippen molar-refractivity contribution < 1.29 is 23.8 Å². The van der Waals surface area contributed by atoms with Crippen LogP contribution in [0.1, 0.15) is 66.9 Å². The number of carbonyl (C=O) groups is 1. The number of hydrogen-bond donors (Lipinski definition) is 1. The number of carboxylic acid groups (broad SMARTS) is 1. The molecular formula is C37H39FN6O4. The molecule has 11 heteroatoms. The fourth-order valence-electron chi connectivity index (χ4n) is 7.09. The third-order valence-corrected chi connectivity index (χ3v) is 9.13. The number of carboxylic acids is 1. The summed E-state index contributed by atoms with van der Waals surface area (Å²) in [7, 11) is 1.87. The lowest BCUT2D eigenvalue weighted by atomic mass is 9.84. The van der Waals surface area contributed by atoms with E-state index < -0.39 is 23.5 Å². The Morgan fingerprint density at radius 2 is 1.81 bits per heavy atom. The second-order valence-electron chi connectivity index (χ2n) is 13.7. The predicted octanol–water partition coefficient (Wildman–Crippen LogP) is 6.68. The van der Waals surface area contributed by atoms with E-state index >= 15 is 4.39 Å². The van der Waals surface area contributed by atoms with Gasteiger partial charge in [-0.25, -0.2) is 19.2 Å². The van der Waals surface area contributed by atoms with Crippen molar-refractivity contribution in [3.8, 4) is 28.0 Å². The van der Waals surface area contributed by atoms with E-state index in [1.807, 2.05) is 46.9 Å². The largest absolute Gasteiger partial charge is 0.490 e. The minimum atomic E-state index is -1.33. The lowest BCUT2D eigenvalue weighted by molar-refractivity contribution is -0.160. The van der Waals surface area contributed by atoms with Gasteiger partial charge in [0.2, 0.25) is 0 Å². The highest BCUT2D eigenvalue weighted by atomic mass is 19.1. The number of pyridine rings is 1. The van der Waals surface area contributed by atoms with E-state index in [1.54, 1.807) is 24.1 Å². The molecule has 0 saturated heterocycles. The van der Waals surface area contributed by atoms with E-state index in [1.165, 1.54) is 11.6 Å². The second-order valence-corrected chi connectivity index (χ2v) is 13.7. The van der Waals surface area contributed by atoms with Gasteiger partial charge in [0.1, 0.15) is 12.1 Å². The third-order valence-electron chi connectivity index (χ3n) is 9.13. The molecular weight excluding hydrogens is 611 g/mol. The molecule has 1 N–H and O–H groups in total. The fourth-order valence-corrected chi connectivity index (χ4v) is 7.09. The average molecular weight is 651 g/mol. The maximum atomic E-state index is 15.7. The van der Waals surface area contributed by atoms with E-state index in [0.717, 1.165) is 64.2 Å². The van der Waals surface area contributed by atoms with E-state index in [4.69, 9.17) is 14.5 Å². The molecule has 2 aromatic carbocycles. The highest BCUT2D eigenvalue weighted by molar-refractivity contribution is 5.92. The Kier molecular flexibility index (Phi) is 7.90. The number of benzene rings is 2. The molecule has 0 spiro atoms. The zero-order chi connectivity index (χ0) is 33.9. The molecule has 0 saturated carbocycles. The van der Waals surface area contributed by atoms with E-state index in [2.05, 4.69) is 32.1 Å². The minimum absolute atomic E-state index is 0.266. The van der Waals surface area contributed by atoms with Crippen LogP contribution in [0.3, 0.4) is 0 Å². The first kappa shape index (κ1) is 31.7. The number of aryl methyl sites for hydroxylation is 4. The molecule has 10 nitrogen and oxygen atoms in total. The highest BCUT2D eigenvalue weighted by Crippen LogP contribution is 2.45. The second kappa shape index (κ2) is 12.0. The van der Waals surface area contributed by atoms with Crippen molar-refractivity contribution in [2.24, 2.45) is 7.05 Å². The summed E-state index contributed by atoms with van der Waals surface area (Å²) in [6.45, 7) is 11.1. The zero-order valence-corrected chi connectivity index (χ0v) is 28.1. The average Bonchev–Trinajstić information content (AvgIpc) is 3.43. The first-order valence-corrected chi connectivity index (χ1v) is 16.3. The molecule has 0 amide bonds. The van der Waals surface area contributed by atoms with Gasteiger partial charge in [0.15, 0.2) is 23.3 Å². The van der Waals surface area contributed by atoms with Gasteiger partial charge in [0.25, 0.3) is 0 Å². The molecule has 3 aromatic heterocycles. The standard InChI is InChI=1S/C37H39FN6O4/c1-20-29(23-9-10-25-18-44(12-11-22(25)14-23)35-27-17-41-43(6)34(27)39-19-40-35)31(26-15-24-8-7-13-47-32(24)28(38)16-26)30(21(2)42-20)33(36(45)46)48-37(3,4)5/h9-10,14-17,19,33H,7-8,11-13,18H2,1-6H3,(H,45,46). The van der Waals surface area contributed by atoms with Crippen molar-refractivity contribution in [3.63, 3.8) is 0 Å². The third kappa shape index (κ3) is 5.66. The van der Waals surface area contributed by atoms with Crippen molar-refractivity contribution in [1.82, 2.24) is 24.7 Å². The molecule has 1 unspecified atom stereocenters. The molecule has 7 rings (SSSR count). The molecule has 0 radical (unpaired) electrons. The number of aromatic nitrogens is 5. The summed E-state index contributed by atoms with van der Waals surface area (Å²) in [5.74, 6) is -0.481. The number of ether oxygens (including phenoxy) is 2. The predicted molar refractivity (Wildman–Crippen MR) is 181 cm³/mol. The lowest BCUT2D eigenvalue weighted by Gasteiger charge is -2.31. The smallest absolute Gasteiger partial charge is 0.337 e. The van der Waals surface area contributed by atoms with Crippen LogP contribution < -0.4 is 9.64 Å². The van der Waals surface area contributed by atoms with Crippen LogP contribution in [0.2, 0.25) is 0 Å².